The molecule has 5 rings (SSSR count). The van der Waals surface area contributed by atoms with E-state index in [0.29, 0.717) is 32.1 Å². The van der Waals surface area contributed by atoms with E-state index < -0.39 is 25.6 Å². The number of carbonyl (C=O) groups excluding carboxylic acids is 1. The molecule has 0 aliphatic rings. The molecule has 0 aliphatic carbocycles. The Kier molecular flexibility index (Phi) is 11.0. The number of aromatic nitrogens is 2. The normalized spacial score (nSPS) is 11.9. The molecule has 1 N–H and O–H groups in total. The van der Waals surface area contributed by atoms with Gasteiger partial charge in [-0.1, -0.05) is 80.8 Å². The highest BCUT2D eigenvalue weighted by molar-refractivity contribution is 9.10. The van der Waals surface area contributed by atoms with E-state index in [4.69, 9.17) is 27.9 Å². The van der Waals surface area contributed by atoms with Crippen molar-refractivity contribution in [1.82, 2.24) is 9.78 Å². The largest absolute Gasteiger partial charge is 0.478 e. The number of hydrogen-bond acceptors (Lipinski definition) is 8. The zero-order valence-corrected chi connectivity index (χ0v) is 28.3. The lowest BCUT2D eigenvalue weighted by molar-refractivity contribution is -0.0881. The van der Waals surface area contributed by atoms with E-state index in [0.717, 1.165) is 11.3 Å². The van der Waals surface area contributed by atoms with Crippen LogP contribution in [0.5, 0.6) is 11.5 Å². The van der Waals surface area contributed by atoms with Crippen LogP contribution in [0.1, 0.15) is 31.8 Å². The van der Waals surface area contributed by atoms with Crippen molar-refractivity contribution < 1.29 is 42.5 Å². The Hall–Kier alpha value is -3.75. The number of amides is 1. The maximum atomic E-state index is 13.2. The summed E-state index contributed by atoms with van der Waals surface area (Å²) in [4.78, 5) is 29.0. The first-order valence-corrected chi connectivity index (χ1v) is 17.3. The quantitative estimate of drug-likeness (QED) is 0.131. The van der Waals surface area contributed by atoms with E-state index in [2.05, 4.69) is 35.5 Å². The fraction of sp³-hybridized carbons (Fsp3) is 0.0667. The number of aromatic carboxylic acids is 1. The standard InChI is InChI=1S/C30H19BrCl2F2N3O7PS/c31-24-11-17(7-8-21(24)16-46(42,44-34)45-35)15-38-30(36-27(39)18-9-10-25(32)26(33)14-18)47-28(37-38)19-3-1-5-22(12-19)43-23-6-2-4-20(13-23)29(40)41/h1-14H,15-16H2,(H,40,41). The molecule has 0 fully saturated rings. The molecule has 1 aromatic heterocycles. The smallest absolute Gasteiger partial charge is 0.399 e. The number of hydrogen-bond donors (Lipinski definition) is 1. The van der Waals surface area contributed by atoms with Crippen LogP contribution >= 0.6 is 58.1 Å². The van der Waals surface area contributed by atoms with E-state index in [-0.39, 0.29) is 38.1 Å². The summed E-state index contributed by atoms with van der Waals surface area (Å²) in [5.41, 5.74) is 1.76. The summed E-state index contributed by atoms with van der Waals surface area (Å²) < 4.78 is 51.4. The Balaban J connectivity index is 1.51. The van der Waals surface area contributed by atoms with Crippen LogP contribution in [0.2, 0.25) is 10.0 Å². The zero-order valence-electron chi connectivity index (χ0n) is 23.5. The second-order valence-corrected chi connectivity index (χ2v) is 14.1. The van der Waals surface area contributed by atoms with Crippen LogP contribution in [0.25, 0.3) is 10.6 Å². The first-order valence-electron chi connectivity index (χ1n) is 13.2. The van der Waals surface area contributed by atoms with Crippen LogP contribution in [-0.4, -0.2) is 26.8 Å². The molecule has 1 heterocycles. The highest BCUT2D eigenvalue weighted by Gasteiger charge is 2.29. The number of carboxylic acids is 1. The summed E-state index contributed by atoms with van der Waals surface area (Å²) in [5.74, 6) is -0.968. The van der Waals surface area contributed by atoms with Gasteiger partial charge in [0, 0.05) is 15.6 Å². The van der Waals surface area contributed by atoms with Crippen LogP contribution in [0.4, 0.5) is 9.05 Å². The lowest BCUT2D eigenvalue weighted by Crippen LogP contribution is -2.19. The summed E-state index contributed by atoms with van der Waals surface area (Å²) >= 11 is 16.5. The van der Waals surface area contributed by atoms with Crippen molar-refractivity contribution in [3.63, 3.8) is 0 Å². The van der Waals surface area contributed by atoms with E-state index in [1.54, 1.807) is 48.5 Å². The zero-order chi connectivity index (χ0) is 33.7. The van der Waals surface area contributed by atoms with Gasteiger partial charge in [-0.15, -0.1) is 9.46 Å². The fourth-order valence-corrected chi connectivity index (χ4v) is 6.96. The molecule has 0 radical (unpaired) electrons. The van der Waals surface area contributed by atoms with Crippen molar-refractivity contribution in [1.29, 1.82) is 0 Å². The SMILES string of the molecule is O=C(O)c1cccc(Oc2cccc(-c3nn(Cc4ccc(CP(=O)(OF)OF)c(Br)c4)c(=NC(=O)c4ccc(Cl)c(Cl)c4)s3)c2)c1. The van der Waals surface area contributed by atoms with Gasteiger partial charge in [-0.2, -0.15) is 10.1 Å². The number of ether oxygens (including phenoxy) is 1. The average Bonchev–Trinajstić information content (AvgIpc) is 3.45. The predicted molar refractivity (Wildman–Crippen MR) is 174 cm³/mol. The van der Waals surface area contributed by atoms with Gasteiger partial charge in [0.1, 0.15) is 16.5 Å². The van der Waals surface area contributed by atoms with Crippen molar-refractivity contribution in [2.24, 2.45) is 4.99 Å². The third-order valence-corrected chi connectivity index (χ3v) is 10.0. The van der Waals surface area contributed by atoms with Crippen LogP contribution < -0.4 is 9.54 Å². The second kappa shape index (κ2) is 15.0. The molecular formula is C30H19BrCl2F2N3O7PS. The molecule has 1 amide bonds. The van der Waals surface area contributed by atoms with Crippen molar-refractivity contribution in [3.8, 4) is 22.1 Å². The van der Waals surface area contributed by atoms with Crippen LogP contribution in [-0.2, 0) is 26.7 Å². The summed E-state index contributed by atoms with van der Waals surface area (Å²) in [7, 11) is -4.62. The third-order valence-electron chi connectivity index (χ3n) is 6.41. The third kappa shape index (κ3) is 8.59. The van der Waals surface area contributed by atoms with Crippen molar-refractivity contribution in [2.45, 2.75) is 12.7 Å². The molecule has 4 aromatic carbocycles. The molecule has 0 saturated carbocycles. The van der Waals surface area contributed by atoms with Gasteiger partial charge in [0.05, 0.1) is 28.3 Å². The predicted octanol–water partition coefficient (Wildman–Crippen LogP) is 9.46. The summed E-state index contributed by atoms with van der Waals surface area (Å²) in [6.07, 6.45) is -0.674. The minimum absolute atomic E-state index is 0.0673. The Morgan fingerprint density at radius 1 is 0.936 bits per heavy atom. The van der Waals surface area contributed by atoms with Crippen LogP contribution in [0, 0.1) is 0 Å². The highest BCUT2D eigenvalue weighted by atomic mass is 79.9. The van der Waals surface area contributed by atoms with E-state index in [1.807, 2.05) is 0 Å². The maximum absolute atomic E-state index is 13.2. The molecular weight excluding hydrogens is 766 g/mol. The number of nitrogens with zero attached hydrogens (tertiary/aromatic N) is 3. The minimum atomic E-state index is -4.62. The Morgan fingerprint density at radius 3 is 2.34 bits per heavy atom. The number of benzene rings is 4. The summed E-state index contributed by atoms with van der Waals surface area (Å²) in [6.45, 7) is 0.0952. The molecule has 47 heavy (non-hydrogen) atoms. The fourth-order valence-electron chi connectivity index (χ4n) is 4.17. The maximum Gasteiger partial charge on any atom is 0.399 e. The molecule has 0 unspecified atom stereocenters. The highest BCUT2D eigenvalue weighted by Crippen LogP contribution is 2.53. The molecule has 0 spiro atoms. The first kappa shape index (κ1) is 34.6. The lowest BCUT2D eigenvalue weighted by Gasteiger charge is -2.10. The Bertz CT molecular complexity index is 2110. The summed E-state index contributed by atoms with van der Waals surface area (Å²) in [5, 5.41) is 14.9. The van der Waals surface area contributed by atoms with Gasteiger partial charge >= 0.3 is 13.6 Å². The molecule has 0 bridgehead atoms. The van der Waals surface area contributed by atoms with Gasteiger partial charge in [-0.25, -0.2) is 9.48 Å². The van der Waals surface area contributed by atoms with E-state index >= 15 is 0 Å². The number of rotatable bonds is 11. The topological polar surface area (TPSA) is 129 Å². The molecule has 10 nitrogen and oxygen atoms in total. The lowest BCUT2D eigenvalue weighted by atomic mass is 10.1. The molecule has 5 aromatic rings. The first-order chi connectivity index (χ1) is 22.5. The Morgan fingerprint density at radius 2 is 1.66 bits per heavy atom. The van der Waals surface area contributed by atoms with Crippen molar-refractivity contribution >= 4 is 69.9 Å². The van der Waals surface area contributed by atoms with Gasteiger partial charge in [-0.3, -0.25) is 9.36 Å². The number of carboxylic acid groups (broad SMARTS) is 1. The monoisotopic (exact) mass is 783 g/mol. The van der Waals surface area contributed by atoms with Gasteiger partial charge < -0.3 is 9.84 Å². The van der Waals surface area contributed by atoms with Crippen molar-refractivity contribution in [2.75, 3.05) is 0 Å². The number of halogens is 5. The average molecular weight is 785 g/mol. The van der Waals surface area contributed by atoms with E-state index in [9.17, 15) is 28.3 Å². The van der Waals surface area contributed by atoms with Crippen molar-refractivity contribution in [3.05, 3.63) is 127 Å². The molecule has 0 saturated heterocycles. The molecule has 242 valence electrons. The Labute approximate surface area is 287 Å². The summed E-state index contributed by atoms with van der Waals surface area (Å²) in [6, 6.07) is 22.0. The molecule has 17 heteroatoms. The minimum Gasteiger partial charge on any atom is -0.478 e. The van der Waals surface area contributed by atoms with Gasteiger partial charge in [0.2, 0.25) is 4.80 Å². The molecule has 0 atom stereocenters. The second-order valence-electron chi connectivity index (χ2n) is 9.69. The van der Waals surface area contributed by atoms with Gasteiger partial charge in [0.15, 0.2) is 0 Å². The van der Waals surface area contributed by atoms with Crippen LogP contribution in [0.3, 0.4) is 0 Å². The van der Waals surface area contributed by atoms with E-state index in [1.165, 1.54) is 41.1 Å². The number of carbonyl (C=O) groups is 2. The molecule has 0 aliphatic heterocycles. The van der Waals surface area contributed by atoms with Crippen LogP contribution in [0.15, 0.2) is 94.4 Å². The van der Waals surface area contributed by atoms with Gasteiger partial charge in [0.25, 0.3) is 5.91 Å². The van der Waals surface area contributed by atoms with Gasteiger partial charge in [-0.05, 0) is 74.8 Å².